The van der Waals surface area contributed by atoms with Crippen LogP contribution < -0.4 is 5.32 Å². The van der Waals surface area contributed by atoms with Crippen LogP contribution in [0.4, 0.5) is 4.79 Å². The minimum absolute atomic E-state index is 0.0458. The molecule has 9 heteroatoms. The van der Waals surface area contributed by atoms with Crippen molar-refractivity contribution in [1.29, 1.82) is 0 Å². The van der Waals surface area contributed by atoms with Gasteiger partial charge in [-0.05, 0) is 58.3 Å². The van der Waals surface area contributed by atoms with Crippen LogP contribution in [0.1, 0.15) is 81.6 Å². The number of hydrogen-bond donors (Lipinski definition) is 2. The fourth-order valence-electron chi connectivity index (χ4n) is 4.06. The average molecular weight is 496 g/mol. The monoisotopic (exact) mass is 495 g/mol. The molecule has 3 atom stereocenters. The largest absolute Gasteiger partial charge is 0.478 e. The van der Waals surface area contributed by atoms with Crippen molar-refractivity contribution in [3.05, 3.63) is 11.6 Å². The lowest BCUT2D eigenvalue weighted by molar-refractivity contribution is -0.141. The number of nitrogens with one attached hydrogen (secondary N) is 1. The van der Waals surface area contributed by atoms with E-state index in [1.54, 1.807) is 33.9 Å². The van der Waals surface area contributed by atoms with E-state index in [-0.39, 0.29) is 17.4 Å². The van der Waals surface area contributed by atoms with Crippen molar-refractivity contribution in [3.63, 3.8) is 0 Å². The van der Waals surface area contributed by atoms with Crippen molar-refractivity contribution in [1.82, 2.24) is 15.1 Å². The summed E-state index contributed by atoms with van der Waals surface area (Å²) >= 11 is 0. The first-order chi connectivity index (χ1) is 15.9. The Labute approximate surface area is 210 Å². The van der Waals surface area contributed by atoms with Gasteiger partial charge >= 0.3 is 12.1 Å². The summed E-state index contributed by atoms with van der Waals surface area (Å²) in [6, 6.07) is -2.06. The van der Waals surface area contributed by atoms with E-state index in [4.69, 9.17) is 4.74 Å². The molecule has 0 unspecified atom stereocenters. The van der Waals surface area contributed by atoms with Crippen molar-refractivity contribution < 1.29 is 29.0 Å². The quantitative estimate of drug-likeness (QED) is 0.519. The van der Waals surface area contributed by atoms with Gasteiger partial charge in [-0.1, -0.05) is 40.7 Å². The highest BCUT2D eigenvalue weighted by Gasteiger charge is 2.41. The highest BCUT2D eigenvalue weighted by atomic mass is 16.6. The maximum Gasteiger partial charge on any atom is 0.410 e. The summed E-state index contributed by atoms with van der Waals surface area (Å²) < 4.78 is 5.51. The minimum atomic E-state index is -1.04. The molecular formula is C26H45N3O6. The van der Waals surface area contributed by atoms with Crippen LogP contribution in [-0.2, 0) is 19.1 Å². The number of carbonyl (C=O) groups is 4. The predicted molar refractivity (Wildman–Crippen MR) is 135 cm³/mol. The second-order valence-corrected chi connectivity index (χ2v) is 11.8. The standard InChI is InChI=1S/C26H45N3O6/c1-16(2)19(15-17(3)23(32)33)28(10)22(31)20(25(4,5)6)27-21(30)18-13-11-12-14-29(18)24(34)35-26(7,8)9/h15-16,18-20H,11-14H2,1-10H3,(H,27,30)(H,32,33)/b17-15+/t18-,19-,20-/m1/s1. The molecule has 1 heterocycles. The van der Waals surface area contributed by atoms with Crippen molar-refractivity contribution in [3.8, 4) is 0 Å². The summed E-state index contributed by atoms with van der Waals surface area (Å²) in [5, 5.41) is 12.2. The molecule has 0 radical (unpaired) electrons. The van der Waals surface area contributed by atoms with E-state index in [9.17, 15) is 24.3 Å². The average Bonchev–Trinajstić information content (AvgIpc) is 2.72. The Morgan fingerprint density at radius 1 is 1.09 bits per heavy atom. The molecule has 1 aliphatic heterocycles. The molecule has 9 nitrogen and oxygen atoms in total. The molecule has 1 fully saturated rings. The first-order valence-electron chi connectivity index (χ1n) is 12.3. The number of carboxylic acid groups (broad SMARTS) is 1. The van der Waals surface area contributed by atoms with Gasteiger partial charge in [-0.15, -0.1) is 0 Å². The topological polar surface area (TPSA) is 116 Å². The summed E-state index contributed by atoms with van der Waals surface area (Å²) in [5.41, 5.74) is -1.16. The molecule has 0 aliphatic carbocycles. The summed E-state index contributed by atoms with van der Waals surface area (Å²) in [7, 11) is 1.62. The number of hydrogen-bond acceptors (Lipinski definition) is 5. The lowest BCUT2D eigenvalue weighted by Crippen LogP contribution is -2.60. The lowest BCUT2D eigenvalue weighted by atomic mass is 9.84. The second kappa shape index (κ2) is 11.9. The highest BCUT2D eigenvalue weighted by molar-refractivity contribution is 5.92. The molecule has 0 aromatic heterocycles. The Bertz CT molecular complexity index is 822. The number of carbonyl (C=O) groups excluding carboxylic acids is 3. The Kier molecular flexibility index (Phi) is 10.4. The van der Waals surface area contributed by atoms with Crippen LogP contribution in [0.25, 0.3) is 0 Å². The Morgan fingerprint density at radius 2 is 1.66 bits per heavy atom. The zero-order valence-electron chi connectivity index (χ0n) is 23.1. The summed E-state index contributed by atoms with van der Waals surface area (Å²) in [5.74, 6) is -1.80. The summed E-state index contributed by atoms with van der Waals surface area (Å²) in [6.07, 6.45) is 3.08. The van der Waals surface area contributed by atoms with Crippen molar-refractivity contribution in [2.75, 3.05) is 13.6 Å². The number of carboxylic acids is 1. The number of likely N-dealkylation sites (tertiary alicyclic amines) is 1. The molecular weight excluding hydrogens is 450 g/mol. The third-order valence-electron chi connectivity index (χ3n) is 6.07. The molecule has 0 saturated carbocycles. The van der Waals surface area contributed by atoms with Crippen LogP contribution in [-0.4, -0.2) is 76.1 Å². The van der Waals surface area contributed by atoms with Gasteiger partial charge in [0.2, 0.25) is 11.8 Å². The third kappa shape index (κ3) is 8.85. The number of rotatable bonds is 7. The molecule has 35 heavy (non-hydrogen) atoms. The van der Waals surface area contributed by atoms with E-state index in [1.807, 2.05) is 34.6 Å². The zero-order valence-corrected chi connectivity index (χ0v) is 23.1. The van der Waals surface area contributed by atoms with E-state index in [1.165, 1.54) is 16.7 Å². The molecule has 0 spiro atoms. The highest BCUT2D eigenvalue weighted by Crippen LogP contribution is 2.26. The first-order valence-corrected chi connectivity index (χ1v) is 12.3. The van der Waals surface area contributed by atoms with Gasteiger partial charge < -0.3 is 20.1 Å². The molecule has 3 amide bonds. The maximum absolute atomic E-state index is 13.6. The molecule has 1 rings (SSSR count). The number of amides is 3. The molecule has 2 N–H and O–H groups in total. The summed E-state index contributed by atoms with van der Waals surface area (Å²) in [4.78, 5) is 54.1. The molecule has 0 aromatic carbocycles. The van der Waals surface area contributed by atoms with Gasteiger partial charge in [-0.2, -0.15) is 0 Å². The van der Waals surface area contributed by atoms with Gasteiger partial charge in [0.1, 0.15) is 17.7 Å². The molecule has 1 saturated heterocycles. The fraction of sp³-hybridized carbons (Fsp3) is 0.769. The Balaban J connectivity index is 3.20. The Hall–Kier alpha value is -2.58. The van der Waals surface area contributed by atoms with Crippen molar-refractivity contribution >= 4 is 23.9 Å². The van der Waals surface area contributed by atoms with Crippen LogP contribution in [0.2, 0.25) is 0 Å². The zero-order chi connectivity index (χ0) is 27.3. The van der Waals surface area contributed by atoms with Gasteiger partial charge in [0.15, 0.2) is 0 Å². The number of ether oxygens (including phenoxy) is 1. The van der Waals surface area contributed by atoms with E-state index >= 15 is 0 Å². The van der Waals surface area contributed by atoms with Gasteiger partial charge in [0.25, 0.3) is 0 Å². The maximum atomic E-state index is 13.6. The van der Waals surface area contributed by atoms with Crippen LogP contribution in [0.3, 0.4) is 0 Å². The van der Waals surface area contributed by atoms with Crippen LogP contribution in [0.5, 0.6) is 0 Å². The molecule has 0 aromatic rings. The van der Waals surface area contributed by atoms with E-state index in [0.29, 0.717) is 13.0 Å². The second-order valence-electron chi connectivity index (χ2n) is 11.8. The van der Waals surface area contributed by atoms with Crippen LogP contribution in [0, 0.1) is 11.3 Å². The van der Waals surface area contributed by atoms with Gasteiger partial charge in [-0.3, -0.25) is 14.5 Å². The number of aliphatic carboxylic acids is 1. The molecule has 0 bridgehead atoms. The SMILES string of the molecule is C/C(=C\[C@H](C(C)C)N(C)C(=O)[C@@H](NC(=O)[C@H]1CCCCN1C(=O)OC(C)(C)C)C(C)(C)C)C(=O)O. The predicted octanol–water partition coefficient (Wildman–Crippen LogP) is 3.82. The van der Waals surface area contributed by atoms with E-state index in [2.05, 4.69) is 5.32 Å². The number of piperidine rings is 1. The van der Waals surface area contributed by atoms with Gasteiger partial charge in [0, 0.05) is 19.2 Å². The van der Waals surface area contributed by atoms with Crippen molar-refractivity contribution in [2.24, 2.45) is 11.3 Å². The van der Waals surface area contributed by atoms with E-state index in [0.717, 1.165) is 12.8 Å². The third-order valence-corrected chi connectivity index (χ3v) is 6.07. The van der Waals surface area contributed by atoms with Crippen LogP contribution >= 0.6 is 0 Å². The van der Waals surface area contributed by atoms with E-state index < -0.39 is 47.1 Å². The Morgan fingerprint density at radius 3 is 2.11 bits per heavy atom. The normalized spacial score (nSPS) is 19.1. The first kappa shape index (κ1) is 30.5. The lowest BCUT2D eigenvalue weighted by Gasteiger charge is -2.40. The fourth-order valence-corrected chi connectivity index (χ4v) is 4.06. The van der Waals surface area contributed by atoms with Crippen molar-refractivity contribution in [2.45, 2.75) is 105 Å². The number of nitrogens with zero attached hydrogens (tertiary/aromatic N) is 2. The van der Waals surface area contributed by atoms with Gasteiger partial charge in [0.05, 0.1) is 6.04 Å². The number of likely N-dealkylation sites (N-methyl/N-ethyl adjacent to an activating group) is 1. The van der Waals surface area contributed by atoms with Crippen LogP contribution in [0.15, 0.2) is 11.6 Å². The smallest absolute Gasteiger partial charge is 0.410 e. The molecule has 200 valence electrons. The molecule has 1 aliphatic rings. The minimum Gasteiger partial charge on any atom is -0.478 e. The van der Waals surface area contributed by atoms with Gasteiger partial charge in [-0.25, -0.2) is 9.59 Å². The summed E-state index contributed by atoms with van der Waals surface area (Å²) in [6.45, 7) is 16.6.